The van der Waals surface area contributed by atoms with Crippen molar-refractivity contribution in [1.29, 1.82) is 0 Å². The Morgan fingerprint density at radius 3 is 2.50 bits per heavy atom. The Labute approximate surface area is 352 Å². The summed E-state index contributed by atoms with van der Waals surface area (Å²) in [6, 6.07) is 0.233. The van der Waals surface area contributed by atoms with Crippen LogP contribution < -0.4 is 16.0 Å². The number of Topliss-reactive ketones (excluding diaryl/α,β-unsaturated/α-hetero) is 1. The monoisotopic (exact) mass is 859 g/mol. The van der Waals surface area contributed by atoms with E-state index >= 15 is 0 Å². The van der Waals surface area contributed by atoms with Gasteiger partial charge in [0.1, 0.15) is 12.2 Å². The normalized spacial score (nSPS) is 38.4. The number of carbonyl (C=O) groups excluding carboxylic acids is 7. The van der Waals surface area contributed by atoms with Gasteiger partial charge < -0.3 is 49.8 Å². The zero-order chi connectivity index (χ0) is 43.3. The first-order chi connectivity index (χ1) is 28.5. The number of thioether (sulfide) groups is 1. The lowest BCUT2D eigenvalue weighted by Crippen LogP contribution is -2.79. The average molecular weight is 860 g/mol. The molecule has 4 saturated heterocycles. The van der Waals surface area contributed by atoms with Crippen LogP contribution in [0, 0.1) is 28.6 Å². The van der Waals surface area contributed by atoms with Crippen LogP contribution in [0.3, 0.4) is 0 Å². The number of ketones is 1. The van der Waals surface area contributed by atoms with Gasteiger partial charge in [-0.05, 0) is 69.8 Å². The lowest BCUT2D eigenvalue weighted by Gasteiger charge is -2.67. The molecule has 4 aliphatic heterocycles. The second-order valence-corrected chi connectivity index (χ2v) is 19.3. The fraction of sp³-hybridized carbons (Fsp3) is 0.738. The molecule has 2 bridgehead atoms. The molecule has 330 valence electrons. The van der Waals surface area contributed by atoms with Gasteiger partial charge >= 0.3 is 29.9 Å². The molecule has 2 saturated carbocycles. The molecule has 7 rings (SSSR count). The van der Waals surface area contributed by atoms with Crippen molar-refractivity contribution in [1.82, 2.24) is 16.0 Å². The molecule has 0 aromatic rings. The van der Waals surface area contributed by atoms with E-state index in [-0.39, 0.29) is 55.7 Å². The van der Waals surface area contributed by atoms with Gasteiger partial charge in [-0.3, -0.25) is 14.4 Å². The summed E-state index contributed by atoms with van der Waals surface area (Å²) in [5.74, 6) is -6.09. The Balaban J connectivity index is 0.957. The Bertz CT molecular complexity index is 1870. The second-order valence-electron chi connectivity index (χ2n) is 18.0. The zero-order valence-electron chi connectivity index (χ0n) is 34.7. The minimum atomic E-state index is -2.29. The number of hydrogen-bond acceptors (Lipinski definition) is 15. The summed E-state index contributed by atoms with van der Waals surface area (Å²) in [5, 5.41) is 33.1. The zero-order valence-corrected chi connectivity index (χ0v) is 35.6. The number of unbranched alkanes of at least 4 members (excludes halogenated alkanes) is 3. The lowest BCUT2D eigenvalue weighted by atomic mass is 9.38. The van der Waals surface area contributed by atoms with Crippen LogP contribution in [-0.4, -0.2) is 125 Å². The van der Waals surface area contributed by atoms with E-state index in [9.17, 15) is 43.8 Å². The quantitative estimate of drug-likeness (QED) is 0.0520. The first-order valence-electron chi connectivity index (χ1n) is 21.0. The van der Waals surface area contributed by atoms with E-state index in [0.717, 1.165) is 32.1 Å². The molecule has 3 amide bonds. The third kappa shape index (κ3) is 7.42. The predicted molar refractivity (Wildman–Crippen MR) is 211 cm³/mol. The summed E-state index contributed by atoms with van der Waals surface area (Å²) in [6.07, 6.45) is -0.412. The summed E-state index contributed by atoms with van der Waals surface area (Å²) in [7, 11) is 1.08. The van der Waals surface area contributed by atoms with Gasteiger partial charge in [-0.25, -0.2) is 19.2 Å². The van der Waals surface area contributed by atoms with Gasteiger partial charge in [-0.2, -0.15) is 11.8 Å². The van der Waals surface area contributed by atoms with E-state index in [1.165, 1.54) is 6.08 Å². The molecule has 60 heavy (non-hydrogen) atoms. The minimum Gasteiger partial charge on any atom is -0.467 e. The molecule has 5 N–H and O–H groups in total. The van der Waals surface area contributed by atoms with Crippen molar-refractivity contribution in [2.75, 3.05) is 26.0 Å². The van der Waals surface area contributed by atoms with Crippen molar-refractivity contribution in [3.63, 3.8) is 0 Å². The number of aliphatic hydroxyl groups excluding tert-OH is 2. The third-order valence-electron chi connectivity index (χ3n) is 14.1. The van der Waals surface area contributed by atoms with Crippen LogP contribution in [0.15, 0.2) is 23.0 Å². The summed E-state index contributed by atoms with van der Waals surface area (Å²) in [4.78, 5) is 91.4. The van der Waals surface area contributed by atoms with Crippen molar-refractivity contribution >= 4 is 53.4 Å². The van der Waals surface area contributed by atoms with Gasteiger partial charge in [0, 0.05) is 54.2 Å². The number of esters is 4. The van der Waals surface area contributed by atoms with Crippen LogP contribution in [0.5, 0.6) is 0 Å². The van der Waals surface area contributed by atoms with E-state index in [4.69, 9.17) is 23.7 Å². The van der Waals surface area contributed by atoms with Crippen molar-refractivity contribution in [2.45, 2.75) is 139 Å². The molecule has 17 nitrogen and oxygen atoms in total. The fourth-order valence-corrected chi connectivity index (χ4v) is 13.2. The molecule has 0 aromatic carbocycles. The SMILES string of the molecule is COC(=O)[C@@]12OC[C@]34C([C@@H](O)[C@@H]1O)[C@@]1(C)CC(=O)C(OC(=O)CCCCCNC(=O)CCCC[C@@H]5SC[C@@H]6NC(=O)N[C@@H]65)=C(C)[C@@H]1C[C@H]3OC(=O)[C@H](OC(=O)C=C(C)C)[C@@H]24. The predicted octanol–water partition coefficient (Wildman–Crippen LogP) is 1.90. The Morgan fingerprint density at radius 1 is 1.02 bits per heavy atom. The largest absolute Gasteiger partial charge is 0.467 e. The maximum absolute atomic E-state index is 14.0. The van der Waals surface area contributed by atoms with E-state index < -0.39 is 88.3 Å². The average Bonchev–Trinajstić information content (AvgIpc) is 3.84. The molecule has 6 fully saturated rings. The van der Waals surface area contributed by atoms with Gasteiger partial charge in [0.25, 0.3) is 0 Å². The standard InChI is InChI=1S/C42H57N3O14S/c1-20(2)15-29(49)59-33-35-41-19-56-42(35,38(53)55-5)36(51)31(50)34(41)40(4)17-24(46)32(21(3)22(40)16-26(41)57-37(33)52)58-28(48)13-7-6-10-14-43-27(47)12-9-8-11-25-30-23(18-60-25)44-39(54)45-30/h15,22-23,25-26,30-31,33-36,50-51H,6-14,16-19H2,1-5H3,(H,43,47)(H2,44,45,54)/t22-,23-,25-,26+,30-,31+,33+,34?,35+,36-,40-,41+,42-/m0/s1. The number of ether oxygens (including phenoxy) is 5. The molecule has 13 atom stereocenters. The molecular formula is C42H57N3O14S. The number of hydrogen-bond donors (Lipinski definition) is 5. The van der Waals surface area contributed by atoms with Gasteiger partial charge in [0.05, 0.1) is 37.8 Å². The molecule has 1 spiro atoms. The van der Waals surface area contributed by atoms with Gasteiger partial charge in [-0.1, -0.05) is 25.3 Å². The van der Waals surface area contributed by atoms with Crippen LogP contribution in [0.2, 0.25) is 0 Å². The van der Waals surface area contributed by atoms with E-state index in [1.807, 2.05) is 11.8 Å². The second kappa shape index (κ2) is 17.0. The van der Waals surface area contributed by atoms with E-state index in [2.05, 4.69) is 16.0 Å². The van der Waals surface area contributed by atoms with Crippen molar-refractivity contribution in [3.8, 4) is 0 Å². The topological polar surface area (TPSA) is 242 Å². The van der Waals surface area contributed by atoms with Crippen molar-refractivity contribution in [2.24, 2.45) is 28.6 Å². The summed E-state index contributed by atoms with van der Waals surface area (Å²) < 4.78 is 28.7. The maximum Gasteiger partial charge on any atom is 0.348 e. The van der Waals surface area contributed by atoms with Crippen molar-refractivity contribution in [3.05, 3.63) is 23.0 Å². The number of nitrogens with one attached hydrogen (secondary N) is 3. The number of fused-ring (bicyclic) bond motifs is 3. The first kappa shape index (κ1) is 44.1. The molecule has 0 aromatic heterocycles. The maximum atomic E-state index is 14.0. The highest BCUT2D eigenvalue weighted by molar-refractivity contribution is 8.00. The van der Waals surface area contributed by atoms with Crippen LogP contribution >= 0.6 is 11.8 Å². The molecule has 7 aliphatic rings. The third-order valence-corrected chi connectivity index (χ3v) is 15.6. The number of urea groups is 1. The number of rotatable bonds is 15. The van der Waals surface area contributed by atoms with E-state index in [1.54, 1.807) is 27.7 Å². The van der Waals surface area contributed by atoms with Crippen molar-refractivity contribution < 1.29 is 67.5 Å². The molecule has 0 radical (unpaired) electrons. The summed E-state index contributed by atoms with van der Waals surface area (Å²) in [6.45, 7) is 6.98. The molecule has 18 heteroatoms. The number of allylic oxidation sites excluding steroid dienone is 3. The highest BCUT2D eigenvalue weighted by atomic mass is 32.2. The molecular weight excluding hydrogens is 803 g/mol. The molecule has 4 heterocycles. The van der Waals surface area contributed by atoms with Crippen LogP contribution in [0.25, 0.3) is 0 Å². The van der Waals surface area contributed by atoms with Crippen LogP contribution in [0.1, 0.15) is 91.9 Å². The van der Waals surface area contributed by atoms with Crippen LogP contribution in [-0.2, 0) is 52.5 Å². The molecule has 3 aliphatic carbocycles. The lowest BCUT2D eigenvalue weighted by molar-refractivity contribution is -0.290. The Morgan fingerprint density at radius 2 is 1.77 bits per heavy atom. The molecule has 1 unspecified atom stereocenters. The fourth-order valence-electron chi connectivity index (χ4n) is 11.7. The van der Waals surface area contributed by atoms with Gasteiger partial charge in [0.2, 0.25) is 17.6 Å². The van der Waals surface area contributed by atoms with Gasteiger partial charge in [-0.15, -0.1) is 0 Å². The van der Waals surface area contributed by atoms with E-state index in [0.29, 0.717) is 48.6 Å². The highest BCUT2D eigenvalue weighted by Crippen LogP contribution is 2.73. The highest BCUT2D eigenvalue weighted by Gasteiger charge is 2.85. The number of aliphatic hydroxyl groups is 2. The number of carbonyl (C=O) groups is 7. The van der Waals surface area contributed by atoms with Crippen LogP contribution in [0.4, 0.5) is 4.79 Å². The minimum absolute atomic E-state index is 0.0270. The Hall–Kier alpha value is -4.00. The first-order valence-corrected chi connectivity index (χ1v) is 22.1. The number of amides is 3. The number of methoxy groups -OCH3 is 1. The smallest absolute Gasteiger partial charge is 0.348 e. The summed E-state index contributed by atoms with van der Waals surface area (Å²) in [5.41, 5.74) is -3.77. The van der Waals surface area contributed by atoms with Gasteiger partial charge in [0.15, 0.2) is 11.5 Å². The summed E-state index contributed by atoms with van der Waals surface area (Å²) >= 11 is 1.86. The Kier molecular flexibility index (Phi) is 12.5.